The van der Waals surface area contributed by atoms with Crippen molar-refractivity contribution in [2.24, 2.45) is 5.73 Å². The summed E-state index contributed by atoms with van der Waals surface area (Å²) in [5.74, 6) is 0.719. The molecule has 20 heavy (non-hydrogen) atoms. The van der Waals surface area contributed by atoms with Crippen molar-refractivity contribution in [3.8, 4) is 0 Å². The SMILES string of the molecule is CCN(Cc1cccc(C)n1)c1nc(C)cc(CN)n1. The van der Waals surface area contributed by atoms with Crippen LogP contribution in [0.5, 0.6) is 0 Å². The van der Waals surface area contributed by atoms with Gasteiger partial charge < -0.3 is 10.6 Å². The lowest BCUT2D eigenvalue weighted by atomic mass is 10.3. The summed E-state index contributed by atoms with van der Waals surface area (Å²) >= 11 is 0. The van der Waals surface area contributed by atoms with Crippen LogP contribution in [0.4, 0.5) is 5.95 Å². The van der Waals surface area contributed by atoms with Crippen molar-refractivity contribution in [2.45, 2.75) is 33.9 Å². The molecule has 106 valence electrons. The van der Waals surface area contributed by atoms with Crippen molar-refractivity contribution in [2.75, 3.05) is 11.4 Å². The Labute approximate surface area is 119 Å². The Kier molecular flexibility index (Phi) is 4.63. The van der Waals surface area contributed by atoms with Crippen molar-refractivity contribution in [3.05, 3.63) is 47.0 Å². The van der Waals surface area contributed by atoms with Crippen molar-refractivity contribution in [3.63, 3.8) is 0 Å². The topological polar surface area (TPSA) is 67.9 Å². The van der Waals surface area contributed by atoms with Crippen molar-refractivity contribution in [1.29, 1.82) is 0 Å². The summed E-state index contributed by atoms with van der Waals surface area (Å²) in [6, 6.07) is 7.96. The van der Waals surface area contributed by atoms with Gasteiger partial charge in [0.1, 0.15) is 0 Å². The zero-order valence-corrected chi connectivity index (χ0v) is 12.3. The summed E-state index contributed by atoms with van der Waals surface area (Å²) in [6.07, 6.45) is 0. The molecule has 2 rings (SSSR count). The molecule has 0 spiro atoms. The van der Waals surface area contributed by atoms with Crippen LogP contribution in [-0.2, 0) is 13.1 Å². The molecule has 0 radical (unpaired) electrons. The lowest BCUT2D eigenvalue weighted by molar-refractivity contribution is 0.759. The Morgan fingerprint density at radius 3 is 2.50 bits per heavy atom. The van der Waals surface area contributed by atoms with Gasteiger partial charge in [-0.25, -0.2) is 9.97 Å². The van der Waals surface area contributed by atoms with Crippen LogP contribution in [0.3, 0.4) is 0 Å². The molecule has 0 unspecified atom stereocenters. The van der Waals surface area contributed by atoms with Gasteiger partial charge in [-0.1, -0.05) is 6.07 Å². The molecule has 0 aromatic carbocycles. The maximum Gasteiger partial charge on any atom is 0.226 e. The third-order valence-electron chi connectivity index (χ3n) is 3.07. The number of aromatic nitrogens is 3. The number of nitrogens with two attached hydrogens (primary N) is 1. The van der Waals surface area contributed by atoms with Gasteiger partial charge in [-0.15, -0.1) is 0 Å². The fourth-order valence-corrected chi connectivity index (χ4v) is 2.07. The fraction of sp³-hybridized carbons (Fsp3) is 0.400. The Morgan fingerprint density at radius 1 is 1.05 bits per heavy atom. The first-order chi connectivity index (χ1) is 9.62. The molecule has 0 saturated heterocycles. The molecule has 0 saturated carbocycles. The highest BCUT2D eigenvalue weighted by Gasteiger charge is 2.11. The Hall–Kier alpha value is -2.01. The molecule has 0 bridgehead atoms. The van der Waals surface area contributed by atoms with E-state index in [0.717, 1.165) is 35.3 Å². The highest BCUT2D eigenvalue weighted by atomic mass is 15.3. The molecule has 0 aliphatic heterocycles. The number of hydrogen-bond donors (Lipinski definition) is 1. The zero-order valence-electron chi connectivity index (χ0n) is 12.3. The maximum absolute atomic E-state index is 5.68. The monoisotopic (exact) mass is 271 g/mol. The van der Waals surface area contributed by atoms with Gasteiger partial charge in [-0.3, -0.25) is 4.98 Å². The second kappa shape index (κ2) is 6.43. The van der Waals surface area contributed by atoms with E-state index in [1.807, 2.05) is 38.1 Å². The predicted molar refractivity (Wildman–Crippen MR) is 80.4 cm³/mol. The summed E-state index contributed by atoms with van der Waals surface area (Å²) in [6.45, 7) is 7.99. The van der Waals surface area contributed by atoms with E-state index in [1.54, 1.807) is 0 Å². The molecule has 2 aromatic rings. The lowest BCUT2D eigenvalue weighted by Gasteiger charge is -2.21. The van der Waals surface area contributed by atoms with Crippen LogP contribution in [0.2, 0.25) is 0 Å². The highest BCUT2D eigenvalue weighted by molar-refractivity contribution is 5.33. The number of anilines is 1. The quantitative estimate of drug-likeness (QED) is 0.900. The first-order valence-electron chi connectivity index (χ1n) is 6.84. The summed E-state index contributed by atoms with van der Waals surface area (Å²) in [5.41, 5.74) is 9.52. The van der Waals surface area contributed by atoms with Gasteiger partial charge in [0.05, 0.1) is 17.9 Å². The molecule has 2 heterocycles. The van der Waals surface area contributed by atoms with E-state index in [2.05, 4.69) is 26.8 Å². The van der Waals surface area contributed by atoms with Crippen LogP contribution < -0.4 is 10.6 Å². The van der Waals surface area contributed by atoms with Crippen LogP contribution in [0, 0.1) is 13.8 Å². The molecule has 5 nitrogen and oxygen atoms in total. The average molecular weight is 271 g/mol. The summed E-state index contributed by atoms with van der Waals surface area (Å²) < 4.78 is 0. The number of aryl methyl sites for hydroxylation is 2. The van der Waals surface area contributed by atoms with Gasteiger partial charge in [-0.05, 0) is 39.0 Å². The Morgan fingerprint density at radius 2 is 1.85 bits per heavy atom. The summed E-state index contributed by atoms with van der Waals surface area (Å²) in [5, 5.41) is 0. The molecule has 2 aromatic heterocycles. The van der Waals surface area contributed by atoms with Crippen LogP contribution in [0.15, 0.2) is 24.3 Å². The minimum Gasteiger partial charge on any atom is -0.335 e. The number of rotatable bonds is 5. The lowest BCUT2D eigenvalue weighted by Crippen LogP contribution is -2.25. The molecule has 2 N–H and O–H groups in total. The number of hydrogen-bond acceptors (Lipinski definition) is 5. The predicted octanol–water partition coefficient (Wildman–Crippen LogP) is 1.97. The largest absolute Gasteiger partial charge is 0.335 e. The smallest absolute Gasteiger partial charge is 0.226 e. The van der Waals surface area contributed by atoms with E-state index >= 15 is 0 Å². The fourth-order valence-electron chi connectivity index (χ4n) is 2.07. The molecule has 0 aliphatic rings. The van der Waals surface area contributed by atoms with Gasteiger partial charge in [0.25, 0.3) is 0 Å². The van der Waals surface area contributed by atoms with Gasteiger partial charge in [-0.2, -0.15) is 0 Å². The summed E-state index contributed by atoms with van der Waals surface area (Å²) in [7, 11) is 0. The molecular formula is C15H21N5. The third kappa shape index (κ3) is 3.51. The molecule has 0 amide bonds. The van der Waals surface area contributed by atoms with Gasteiger partial charge in [0.15, 0.2) is 0 Å². The molecule has 5 heteroatoms. The number of nitrogens with zero attached hydrogens (tertiary/aromatic N) is 4. The highest BCUT2D eigenvalue weighted by Crippen LogP contribution is 2.13. The average Bonchev–Trinajstić information content (AvgIpc) is 2.44. The van der Waals surface area contributed by atoms with E-state index in [9.17, 15) is 0 Å². The molecular weight excluding hydrogens is 250 g/mol. The first-order valence-corrected chi connectivity index (χ1v) is 6.84. The van der Waals surface area contributed by atoms with Crippen molar-refractivity contribution in [1.82, 2.24) is 15.0 Å². The molecule has 0 atom stereocenters. The van der Waals surface area contributed by atoms with Crippen LogP contribution in [-0.4, -0.2) is 21.5 Å². The third-order valence-corrected chi connectivity index (χ3v) is 3.07. The van der Waals surface area contributed by atoms with Crippen LogP contribution in [0.25, 0.3) is 0 Å². The minimum atomic E-state index is 0.427. The van der Waals surface area contributed by atoms with Gasteiger partial charge in [0.2, 0.25) is 5.95 Å². The molecule has 0 aliphatic carbocycles. The van der Waals surface area contributed by atoms with Crippen LogP contribution >= 0.6 is 0 Å². The van der Waals surface area contributed by atoms with E-state index in [4.69, 9.17) is 5.73 Å². The van der Waals surface area contributed by atoms with E-state index < -0.39 is 0 Å². The Bertz CT molecular complexity index is 582. The minimum absolute atomic E-state index is 0.427. The zero-order chi connectivity index (χ0) is 14.5. The maximum atomic E-state index is 5.68. The second-order valence-corrected chi connectivity index (χ2v) is 4.79. The van der Waals surface area contributed by atoms with Gasteiger partial charge in [0, 0.05) is 24.5 Å². The van der Waals surface area contributed by atoms with E-state index in [0.29, 0.717) is 13.1 Å². The van der Waals surface area contributed by atoms with E-state index in [1.165, 1.54) is 0 Å². The Balaban J connectivity index is 2.26. The van der Waals surface area contributed by atoms with E-state index in [-0.39, 0.29) is 0 Å². The molecule has 0 fully saturated rings. The van der Waals surface area contributed by atoms with Crippen LogP contribution in [0.1, 0.15) is 29.7 Å². The summed E-state index contributed by atoms with van der Waals surface area (Å²) in [4.78, 5) is 15.6. The number of pyridine rings is 1. The standard InChI is InChI=1S/C15H21N5/c1-4-20(10-13-7-5-6-11(2)17-13)15-18-12(3)8-14(9-16)19-15/h5-8H,4,9-10,16H2,1-3H3. The van der Waals surface area contributed by atoms with Crippen molar-refractivity contribution < 1.29 is 0 Å². The normalized spacial score (nSPS) is 10.6. The van der Waals surface area contributed by atoms with Crippen molar-refractivity contribution >= 4 is 5.95 Å². The van der Waals surface area contributed by atoms with Gasteiger partial charge >= 0.3 is 0 Å². The second-order valence-electron chi connectivity index (χ2n) is 4.79. The first kappa shape index (κ1) is 14.4.